The topological polar surface area (TPSA) is 56.8 Å². The fraction of sp³-hybridized carbons (Fsp3) is 0.250. The Balaban J connectivity index is 1.44. The molecule has 0 atom stereocenters. The van der Waals surface area contributed by atoms with Crippen LogP contribution in [0.25, 0.3) is 10.8 Å². The van der Waals surface area contributed by atoms with E-state index in [4.69, 9.17) is 17.0 Å². The molecule has 32 heavy (non-hydrogen) atoms. The predicted octanol–water partition coefficient (Wildman–Crippen LogP) is 4.49. The number of benzene rings is 3. The number of hydrogen-bond acceptors (Lipinski definition) is 5. The van der Waals surface area contributed by atoms with Gasteiger partial charge in [0.25, 0.3) is 5.91 Å². The van der Waals surface area contributed by atoms with Crippen molar-refractivity contribution in [2.24, 2.45) is 0 Å². The van der Waals surface area contributed by atoms with Crippen LogP contribution in [0, 0.1) is 0 Å². The summed E-state index contributed by atoms with van der Waals surface area (Å²) in [5.41, 5.74) is 2.41. The fourth-order valence-corrected chi connectivity index (χ4v) is 4.75. The third-order valence-electron chi connectivity index (χ3n) is 5.61. The highest BCUT2D eigenvalue weighted by molar-refractivity contribution is 9.10. The molecule has 2 N–H and O–H groups in total. The minimum absolute atomic E-state index is 0.230. The molecular weight excluding hydrogens is 488 g/mol. The van der Waals surface area contributed by atoms with Crippen LogP contribution in [0.3, 0.4) is 0 Å². The quantitative estimate of drug-likeness (QED) is 0.502. The Bertz CT molecular complexity index is 1140. The molecule has 3 aromatic rings. The van der Waals surface area contributed by atoms with Gasteiger partial charge in [0.15, 0.2) is 5.11 Å². The molecule has 0 unspecified atom stereocenters. The maximum absolute atomic E-state index is 13.0. The number of amides is 1. The lowest BCUT2D eigenvalue weighted by molar-refractivity contribution is 0.0975. The Morgan fingerprint density at radius 1 is 1.06 bits per heavy atom. The smallest absolute Gasteiger partial charge is 0.261 e. The van der Waals surface area contributed by atoms with Crippen molar-refractivity contribution in [3.8, 4) is 5.75 Å². The molecular formula is C24H25BrN4O2S. The van der Waals surface area contributed by atoms with E-state index in [0.29, 0.717) is 11.3 Å². The largest absolute Gasteiger partial charge is 0.495 e. The van der Waals surface area contributed by atoms with Crippen molar-refractivity contribution in [1.82, 2.24) is 10.2 Å². The monoisotopic (exact) mass is 512 g/mol. The molecule has 166 valence electrons. The first-order chi connectivity index (χ1) is 15.5. The summed E-state index contributed by atoms with van der Waals surface area (Å²) in [5, 5.41) is 7.99. The molecule has 0 aliphatic carbocycles. The van der Waals surface area contributed by atoms with Crippen LogP contribution in [0.2, 0.25) is 0 Å². The van der Waals surface area contributed by atoms with Crippen molar-refractivity contribution in [3.05, 3.63) is 64.6 Å². The lowest BCUT2D eigenvalue weighted by Gasteiger charge is -2.34. The number of thiocarbonyl (C=S) groups is 1. The second kappa shape index (κ2) is 9.85. The standard InChI is InChI=1S/C24H25BrN4O2S/c1-28-11-13-29(14-12-28)18-9-7-17(8-10-18)26-24(32)27-23(30)20-15-16-5-3-4-6-19(16)21(25)22(20)31-2/h3-10,15H,11-14H2,1-2H3,(H2,26,27,30,32). The number of nitrogens with zero attached hydrogens (tertiary/aromatic N) is 2. The highest BCUT2D eigenvalue weighted by Gasteiger charge is 2.19. The summed E-state index contributed by atoms with van der Waals surface area (Å²) < 4.78 is 6.24. The number of likely N-dealkylation sites (N-methyl/N-ethyl adjacent to an activating group) is 1. The Morgan fingerprint density at radius 3 is 2.44 bits per heavy atom. The number of fused-ring (bicyclic) bond motifs is 1. The average Bonchev–Trinajstić information content (AvgIpc) is 2.80. The zero-order chi connectivity index (χ0) is 22.7. The molecule has 0 bridgehead atoms. The third-order valence-corrected chi connectivity index (χ3v) is 6.60. The van der Waals surface area contributed by atoms with Gasteiger partial charge in [-0.2, -0.15) is 0 Å². The molecule has 4 rings (SSSR count). The van der Waals surface area contributed by atoms with E-state index in [2.05, 4.69) is 55.5 Å². The molecule has 1 amide bonds. The van der Waals surface area contributed by atoms with Gasteiger partial charge >= 0.3 is 0 Å². The Kier molecular flexibility index (Phi) is 6.93. The molecule has 1 aliphatic heterocycles. The van der Waals surface area contributed by atoms with Crippen LogP contribution in [0.4, 0.5) is 11.4 Å². The van der Waals surface area contributed by atoms with Crippen LogP contribution in [-0.4, -0.2) is 56.3 Å². The van der Waals surface area contributed by atoms with E-state index in [9.17, 15) is 4.79 Å². The number of methoxy groups -OCH3 is 1. The maximum Gasteiger partial charge on any atom is 0.261 e. The van der Waals surface area contributed by atoms with Gasteiger partial charge in [-0.15, -0.1) is 0 Å². The summed E-state index contributed by atoms with van der Waals surface area (Å²) >= 11 is 8.94. The van der Waals surface area contributed by atoms with Crippen LogP contribution < -0.4 is 20.3 Å². The van der Waals surface area contributed by atoms with E-state index in [1.165, 1.54) is 5.69 Å². The van der Waals surface area contributed by atoms with E-state index in [1.54, 1.807) is 7.11 Å². The van der Waals surface area contributed by atoms with Gasteiger partial charge in [0.2, 0.25) is 0 Å². The van der Waals surface area contributed by atoms with Gasteiger partial charge in [-0.05, 0) is 76.3 Å². The molecule has 6 nitrogen and oxygen atoms in total. The summed E-state index contributed by atoms with van der Waals surface area (Å²) in [6.07, 6.45) is 0. The fourth-order valence-electron chi connectivity index (χ4n) is 3.81. The molecule has 0 spiro atoms. The lowest BCUT2D eigenvalue weighted by Crippen LogP contribution is -2.44. The van der Waals surface area contributed by atoms with Crippen molar-refractivity contribution in [3.63, 3.8) is 0 Å². The molecule has 3 aromatic carbocycles. The Labute approximate surface area is 201 Å². The second-order valence-corrected chi connectivity index (χ2v) is 8.94. The normalized spacial score (nSPS) is 14.3. The molecule has 1 aliphatic rings. The van der Waals surface area contributed by atoms with Crippen LogP contribution in [0.5, 0.6) is 5.75 Å². The van der Waals surface area contributed by atoms with Crippen molar-refractivity contribution in [2.45, 2.75) is 0 Å². The third kappa shape index (κ3) is 4.87. The zero-order valence-electron chi connectivity index (χ0n) is 18.0. The SMILES string of the molecule is COc1c(C(=O)NC(=S)Nc2ccc(N3CCN(C)CC3)cc2)cc2ccccc2c1Br. The minimum atomic E-state index is -0.333. The first-order valence-corrected chi connectivity index (χ1v) is 11.6. The van der Waals surface area contributed by atoms with Crippen LogP contribution >= 0.6 is 28.1 Å². The summed E-state index contributed by atoms with van der Waals surface area (Å²) in [7, 11) is 3.69. The van der Waals surface area contributed by atoms with E-state index in [1.807, 2.05) is 42.5 Å². The first kappa shape index (κ1) is 22.5. The molecule has 0 radical (unpaired) electrons. The van der Waals surface area contributed by atoms with E-state index < -0.39 is 0 Å². The van der Waals surface area contributed by atoms with Gasteiger partial charge < -0.3 is 19.9 Å². The number of rotatable bonds is 4. The van der Waals surface area contributed by atoms with Gasteiger partial charge in [-0.1, -0.05) is 24.3 Å². The highest BCUT2D eigenvalue weighted by atomic mass is 79.9. The number of anilines is 2. The number of carbonyl (C=O) groups is 1. The van der Waals surface area contributed by atoms with Crippen LogP contribution in [0.15, 0.2) is 59.1 Å². The van der Waals surface area contributed by atoms with Gasteiger partial charge in [0.05, 0.1) is 17.1 Å². The minimum Gasteiger partial charge on any atom is -0.495 e. The number of carbonyl (C=O) groups excluding carboxylic acids is 1. The van der Waals surface area contributed by atoms with Gasteiger partial charge in [0.1, 0.15) is 5.75 Å². The Hall–Kier alpha value is -2.68. The lowest BCUT2D eigenvalue weighted by atomic mass is 10.1. The van der Waals surface area contributed by atoms with Crippen LogP contribution in [-0.2, 0) is 0 Å². The molecule has 1 saturated heterocycles. The number of nitrogens with one attached hydrogen (secondary N) is 2. The van der Waals surface area contributed by atoms with E-state index >= 15 is 0 Å². The average molecular weight is 513 g/mol. The maximum atomic E-state index is 13.0. The van der Waals surface area contributed by atoms with Crippen molar-refractivity contribution >= 4 is 61.3 Å². The molecule has 1 heterocycles. The second-order valence-electron chi connectivity index (χ2n) is 7.74. The highest BCUT2D eigenvalue weighted by Crippen LogP contribution is 2.36. The molecule has 0 saturated carbocycles. The van der Waals surface area contributed by atoms with Gasteiger partial charge in [0, 0.05) is 37.6 Å². The summed E-state index contributed by atoms with van der Waals surface area (Å²) in [6, 6.07) is 17.7. The van der Waals surface area contributed by atoms with E-state index in [0.717, 1.165) is 47.1 Å². The number of hydrogen-bond donors (Lipinski definition) is 2. The van der Waals surface area contributed by atoms with Crippen molar-refractivity contribution in [2.75, 3.05) is 50.6 Å². The molecule has 8 heteroatoms. The summed E-state index contributed by atoms with van der Waals surface area (Å²) in [4.78, 5) is 17.7. The van der Waals surface area contributed by atoms with Crippen molar-refractivity contribution in [1.29, 1.82) is 0 Å². The van der Waals surface area contributed by atoms with Gasteiger partial charge in [-0.3, -0.25) is 10.1 Å². The summed E-state index contributed by atoms with van der Waals surface area (Å²) in [6.45, 7) is 4.15. The molecule has 0 aromatic heterocycles. The predicted molar refractivity (Wildman–Crippen MR) is 138 cm³/mol. The van der Waals surface area contributed by atoms with E-state index in [-0.39, 0.29) is 11.0 Å². The van der Waals surface area contributed by atoms with Crippen molar-refractivity contribution < 1.29 is 9.53 Å². The Morgan fingerprint density at radius 2 is 1.75 bits per heavy atom. The number of piperazine rings is 1. The van der Waals surface area contributed by atoms with Gasteiger partial charge in [-0.25, -0.2) is 0 Å². The number of ether oxygens (including phenoxy) is 1. The molecule has 1 fully saturated rings. The zero-order valence-corrected chi connectivity index (χ0v) is 20.4. The van der Waals surface area contributed by atoms with Crippen LogP contribution in [0.1, 0.15) is 10.4 Å². The first-order valence-electron chi connectivity index (χ1n) is 10.4. The number of halogens is 1. The summed E-state index contributed by atoms with van der Waals surface area (Å²) in [5.74, 6) is 0.139.